The number of fused-ring (bicyclic) bond motifs is 1. The number of methoxy groups -OCH3 is 1. The molecule has 1 aromatic heterocycles. The Labute approximate surface area is 109 Å². The summed E-state index contributed by atoms with van der Waals surface area (Å²) in [4.78, 5) is 0. The van der Waals surface area contributed by atoms with Crippen LogP contribution < -0.4 is 10.5 Å². The number of rotatable bonds is 2. The highest BCUT2D eigenvalue weighted by Gasteiger charge is 2.25. The second-order valence-corrected chi connectivity index (χ2v) is 5.60. The Morgan fingerprint density at radius 2 is 1.83 bits per heavy atom. The molecule has 3 heteroatoms. The average molecular weight is 246 g/mol. The van der Waals surface area contributed by atoms with Crippen LogP contribution in [-0.2, 0) is 12.6 Å². The van der Waals surface area contributed by atoms with Gasteiger partial charge in [0.05, 0.1) is 12.6 Å². The van der Waals surface area contributed by atoms with Gasteiger partial charge in [-0.1, -0.05) is 0 Å². The fourth-order valence-corrected chi connectivity index (χ4v) is 2.78. The van der Waals surface area contributed by atoms with E-state index < -0.39 is 0 Å². The van der Waals surface area contributed by atoms with Crippen molar-refractivity contribution in [3.05, 3.63) is 29.0 Å². The standard InChI is InChI=1S/C15H22N2O/c1-9-7-11-13(15(3,4)16)10(2)17(5)14(11)12(8-9)18-6/h7-8H,16H2,1-6H3. The van der Waals surface area contributed by atoms with Crippen molar-refractivity contribution in [3.63, 3.8) is 0 Å². The lowest BCUT2D eigenvalue weighted by atomic mass is 9.92. The van der Waals surface area contributed by atoms with E-state index in [4.69, 9.17) is 10.5 Å². The molecule has 0 aliphatic rings. The van der Waals surface area contributed by atoms with Crippen LogP contribution in [0.3, 0.4) is 0 Å². The molecule has 0 spiro atoms. The smallest absolute Gasteiger partial charge is 0.143 e. The maximum atomic E-state index is 6.32. The summed E-state index contributed by atoms with van der Waals surface area (Å²) < 4.78 is 7.67. The van der Waals surface area contributed by atoms with Crippen LogP contribution in [0.15, 0.2) is 12.1 Å². The normalized spacial score (nSPS) is 12.2. The van der Waals surface area contributed by atoms with Crippen molar-refractivity contribution in [3.8, 4) is 5.75 Å². The van der Waals surface area contributed by atoms with Crippen molar-refractivity contribution in [2.24, 2.45) is 12.8 Å². The van der Waals surface area contributed by atoms with Crippen molar-refractivity contribution < 1.29 is 4.74 Å². The second kappa shape index (κ2) is 4.02. The number of aryl methyl sites for hydroxylation is 2. The summed E-state index contributed by atoms with van der Waals surface area (Å²) in [7, 11) is 3.77. The van der Waals surface area contributed by atoms with E-state index in [1.165, 1.54) is 22.2 Å². The van der Waals surface area contributed by atoms with E-state index in [0.717, 1.165) is 11.3 Å². The van der Waals surface area contributed by atoms with Crippen LogP contribution >= 0.6 is 0 Å². The molecule has 1 heterocycles. The van der Waals surface area contributed by atoms with Crippen LogP contribution in [0.25, 0.3) is 10.9 Å². The van der Waals surface area contributed by atoms with Crippen LogP contribution in [0.2, 0.25) is 0 Å². The lowest BCUT2D eigenvalue weighted by Gasteiger charge is -2.20. The molecule has 98 valence electrons. The molecule has 0 fully saturated rings. The Kier molecular flexibility index (Phi) is 2.90. The number of ether oxygens (including phenoxy) is 1. The van der Waals surface area contributed by atoms with Crippen LogP contribution in [0, 0.1) is 13.8 Å². The first-order valence-corrected chi connectivity index (χ1v) is 6.20. The van der Waals surface area contributed by atoms with Crippen molar-refractivity contribution in [2.75, 3.05) is 7.11 Å². The fourth-order valence-electron chi connectivity index (χ4n) is 2.78. The van der Waals surface area contributed by atoms with Gasteiger partial charge in [0.1, 0.15) is 5.75 Å². The van der Waals surface area contributed by atoms with Gasteiger partial charge in [-0.15, -0.1) is 0 Å². The lowest BCUT2D eigenvalue weighted by Crippen LogP contribution is -2.29. The number of hydrogen-bond donors (Lipinski definition) is 1. The van der Waals surface area contributed by atoms with E-state index in [1.807, 2.05) is 13.8 Å². The van der Waals surface area contributed by atoms with E-state index in [1.54, 1.807) is 7.11 Å². The minimum Gasteiger partial charge on any atom is -0.495 e. The Morgan fingerprint density at radius 1 is 1.22 bits per heavy atom. The molecule has 0 bridgehead atoms. The van der Waals surface area contributed by atoms with Crippen LogP contribution in [0.4, 0.5) is 0 Å². The third-order valence-corrected chi connectivity index (χ3v) is 3.55. The number of nitrogens with two attached hydrogens (primary N) is 1. The van der Waals surface area contributed by atoms with Crippen LogP contribution in [0.5, 0.6) is 5.75 Å². The van der Waals surface area contributed by atoms with Crippen LogP contribution in [0.1, 0.15) is 30.7 Å². The summed E-state index contributed by atoms with van der Waals surface area (Å²) in [5.74, 6) is 0.908. The maximum absolute atomic E-state index is 6.32. The largest absolute Gasteiger partial charge is 0.495 e. The highest BCUT2D eigenvalue weighted by molar-refractivity contribution is 5.92. The van der Waals surface area contributed by atoms with Gasteiger partial charge in [0, 0.05) is 23.7 Å². The second-order valence-electron chi connectivity index (χ2n) is 5.60. The zero-order valence-electron chi connectivity index (χ0n) is 12.1. The summed E-state index contributed by atoms with van der Waals surface area (Å²) in [6, 6.07) is 4.25. The lowest BCUT2D eigenvalue weighted by molar-refractivity contribution is 0.417. The zero-order valence-corrected chi connectivity index (χ0v) is 12.1. The molecule has 1 aromatic carbocycles. The van der Waals surface area contributed by atoms with Gasteiger partial charge in [-0.05, 0) is 51.0 Å². The van der Waals surface area contributed by atoms with E-state index in [-0.39, 0.29) is 5.54 Å². The molecule has 18 heavy (non-hydrogen) atoms. The molecule has 0 amide bonds. The molecular formula is C15H22N2O. The van der Waals surface area contributed by atoms with Crippen LogP contribution in [-0.4, -0.2) is 11.7 Å². The first-order chi connectivity index (χ1) is 8.27. The van der Waals surface area contributed by atoms with Gasteiger partial charge in [0.2, 0.25) is 0 Å². The SMILES string of the molecule is COc1cc(C)cc2c(C(C)(C)N)c(C)n(C)c12. The fraction of sp³-hybridized carbons (Fsp3) is 0.467. The van der Waals surface area contributed by atoms with Gasteiger partial charge in [-0.3, -0.25) is 0 Å². The number of nitrogens with zero attached hydrogens (tertiary/aromatic N) is 1. The van der Waals surface area contributed by atoms with E-state index in [0.29, 0.717) is 0 Å². The van der Waals surface area contributed by atoms with Gasteiger partial charge < -0.3 is 15.0 Å². The zero-order chi connectivity index (χ0) is 13.7. The Hall–Kier alpha value is -1.48. The summed E-state index contributed by atoms with van der Waals surface area (Å²) in [6.07, 6.45) is 0. The van der Waals surface area contributed by atoms with E-state index in [9.17, 15) is 0 Å². The predicted molar refractivity (Wildman–Crippen MR) is 76.2 cm³/mol. The van der Waals surface area contributed by atoms with Crippen molar-refractivity contribution in [1.29, 1.82) is 0 Å². The molecule has 0 saturated heterocycles. The van der Waals surface area contributed by atoms with E-state index in [2.05, 4.69) is 37.6 Å². The Balaban J connectivity index is 2.97. The molecule has 0 unspecified atom stereocenters. The topological polar surface area (TPSA) is 40.2 Å². The predicted octanol–water partition coefficient (Wildman–Crippen LogP) is 3.00. The quantitative estimate of drug-likeness (QED) is 0.885. The minimum atomic E-state index is -0.359. The number of aromatic nitrogens is 1. The molecule has 0 aliphatic carbocycles. The summed E-state index contributed by atoms with van der Waals surface area (Å²) >= 11 is 0. The average Bonchev–Trinajstić information content (AvgIpc) is 2.49. The Morgan fingerprint density at radius 3 is 2.33 bits per heavy atom. The summed E-state index contributed by atoms with van der Waals surface area (Å²) in [6.45, 7) is 8.28. The molecule has 0 aliphatic heterocycles. The van der Waals surface area contributed by atoms with Crippen molar-refractivity contribution >= 4 is 10.9 Å². The highest BCUT2D eigenvalue weighted by atomic mass is 16.5. The number of benzene rings is 1. The summed E-state index contributed by atoms with van der Waals surface area (Å²) in [5, 5.41) is 1.19. The maximum Gasteiger partial charge on any atom is 0.143 e. The molecule has 0 radical (unpaired) electrons. The van der Waals surface area contributed by atoms with Crippen molar-refractivity contribution in [2.45, 2.75) is 33.2 Å². The molecule has 2 aromatic rings. The first-order valence-electron chi connectivity index (χ1n) is 6.20. The molecule has 3 nitrogen and oxygen atoms in total. The molecular weight excluding hydrogens is 224 g/mol. The molecule has 2 N–H and O–H groups in total. The van der Waals surface area contributed by atoms with Gasteiger partial charge in [-0.25, -0.2) is 0 Å². The van der Waals surface area contributed by atoms with Gasteiger partial charge in [-0.2, -0.15) is 0 Å². The Bertz CT molecular complexity index is 603. The summed E-state index contributed by atoms with van der Waals surface area (Å²) in [5.41, 5.74) is 10.7. The minimum absolute atomic E-state index is 0.359. The third kappa shape index (κ3) is 1.79. The molecule has 2 rings (SSSR count). The number of hydrogen-bond acceptors (Lipinski definition) is 2. The molecule has 0 atom stereocenters. The van der Waals surface area contributed by atoms with Gasteiger partial charge in [0.15, 0.2) is 0 Å². The van der Waals surface area contributed by atoms with Gasteiger partial charge in [0.25, 0.3) is 0 Å². The first kappa shape index (κ1) is 13.0. The monoisotopic (exact) mass is 246 g/mol. The van der Waals surface area contributed by atoms with E-state index >= 15 is 0 Å². The molecule has 0 saturated carbocycles. The highest BCUT2D eigenvalue weighted by Crippen LogP contribution is 2.37. The third-order valence-electron chi connectivity index (χ3n) is 3.55. The van der Waals surface area contributed by atoms with Crippen molar-refractivity contribution in [1.82, 2.24) is 4.57 Å². The van der Waals surface area contributed by atoms with Gasteiger partial charge >= 0.3 is 0 Å².